The minimum absolute atomic E-state index is 0.0244. The van der Waals surface area contributed by atoms with Crippen molar-refractivity contribution < 1.29 is 14.1 Å². The van der Waals surface area contributed by atoms with Gasteiger partial charge in [-0.15, -0.1) is 10.2 Å². The molecule has 98 valence electrons. The van der Waals surface area contributed by atoms with Crippen LogP contribution in [0.2, 0.25) is 0 Å². The van der Waals surface area contributed by atoms with Gasteiger partial charge in [0.1, 0.15) is 0 Å². The molecule has 0 atom stereocenters. The van der Waals surface area contributed by atoms with Gasteiger partial charge in [0.05, 0.1) is 10.7 Å². The zero-order valence-electron chi connectivity index (χ0n) is 9.48. The molecule has 0 fully saturated rings. The molecule has 0 unspecified atom stereocenters. The molecule has 0 saturated heterocycles. The summed E-state index contributed by atoms with van der Waals surface area (Å²) in [6, 6.07) is 5.83. The Balaban J connectivity index is 2.20. The molecule has 1 heterocycles. The van der Waals surface area contributed by atoms with Crippen molar-refractivity contribution in [3.8, 4) is 11.5 Å². The fourth-order valence-corrected chi connectivity index (χ4v) is 1.77. The Labute approximate surface area is 111 Å². The number of aromatic nitrogens is 2. The average molecular weight is 280 g/mol. The highest BCUT2D eigenvalue weighted by Gasteiger charge is 2.13. The fourth-order valence-electron chi connectivity index (χ4n) is 1.27. The molecule has 0 radical (unpaired) electrons. The van der Waals surface area contributed by atoms with Gasteiger partial charge in [-0.3, -0.25) is 14.9 Å². The second-order valence-electron chi connectivity index (χ2n) is 3.44. The molecule has 0 aliphatic carbocycles. The summed E-state index contributed by atoms with van der Waals surface area (Å²) >= 11 is 1.01. The molecule has 1 amide bonds. The molecule has 2 aromatic rings. The molecular formula is C10H8N4O4S. The highest BCUT2D eigenvalue weighted by Crippen LogP contribution is 2.25. The fraction of sp³-hybridized carbons (Fsp3) is 0.100. The van der Waals surface area contributed by atoms with E-state index in [9.17, 15) is 14.9 Å². The SMILES string of the molecule is NC(=O)CSc1nnc(-c2cccc([N+](=O)[O-])c2)o1. The van der Waals surface area contributed by atoms with E-state index in [2.05, 4.69) is 10.2 Å². The Morgan fingerprint density at radius 3 is 2.95 bits per heavy atom. The van der Waals surface area contributed by atoms with Crippen LogP contribution in [0.15, 0.2) is 33.9 Å². The van der Waals surface area contributed by atoms with E-state index in [1.807, 2.05) is 0 Å². The first-order valence-corrected chi connectivity index (χ1v) is 6.04. The Morgan fingerprint density at radius 1 is 1.47 bits per heavy atom. The zero-order valence-corrected chi connectivity index (χ0v) is 10.3. The van der Waals surface area contributed by atoms with E-state index in [4.69, 9.17) is 10.2 Å². The zero-order chi connectivity index (χ0) is 13.8. The van der Waals surface area contributed by atoms with Gasteiger partial charge < -0.3 is 10.2 Å². The van der Waals surface area contributed by atoms with Gasteiger partial charge in [-0.05, 0) is 6.07 Å². The van der Waals surface area contributed by atoms with Gasteiger partial charge >= 0.3 is 0 Å². The maximum Gasteiger partial charge on any atom is 0.277 e. The number of carbonyl (C=O) groups is 1. The minimum atomic E-state index is -0.511. The third kappa shape index (κ3) is 3.28. The number of nitrogens with zero attached hydrogens (tertiary/aromatic N) is 3. The number of nitro benzene ring substituents is 1. The van der Waals surface area contributed by atoms with Crippen molar-refractivity contribution in [3.05, 3.63) is 34.4 Å². The van der Waals surface area contributed by atoms with E-state index in [-0.39, 0.29) is 22.6 Å². The quantitative estimate of drug-likeness (QED) is 0.495. The predicted molar refractivity (Wildman–Crippen MR) is 66.3 cm³/mol. The maximum absolute atomic E-state index is 10.7. The van der Waals surface area contributed by atoms with Crippen molar-refractivity contribution in [1.29, 1.82) is 0 Å². The first-order chi connectivity index (χ1) is 9.06. The van der Waals surface area contributed by atoms with Gasteiger partial charge in [-0.1, -0.05) is 17.8 Å². The highest BCUT2D eigenvalue weighted by atomic mass is 32.2. The van der Waals surface area contributed by atoms with Crippen molar-refractivity contribution in [1.82, 2.24) is 10.2 Å². The monoisotopic (exact) mass is 280 g/mol. The van der Waals surface area contributed by atoms with Gasteiger partial charge in [0.25, 0.3) is 10.9 Å². The molecule has 0 saturated carbocycles. The molecule has 1 aromatic heterocycles. The number of nitro groups is 1. The smallest absolute Gasteiger partial charge is 0.277 e. The minimum Gasteiger partial charge on any atom is -0.411 e. The number of thioether (sulfide) groups is 1. The van der Waals surface area contributed by atoms with E-state index >= 15 is 0 Å². The molecule has 8 nitrogen and oxygen atoms in total. The molecule has 2 N–H and O–H groups in total. The van der Waals surface area contributed by atoms with Gasteiger partial charge in [0.2, 0.25) is 11.8 Å². The number of carbonyl (C=O) groups excluding carboxylic acids is 1. The maximum atomic E-state index is 10.7. The largest absolute Gasteiger partial charge is 0.411 e. The van der Waals surface area contributed by atoms with Crippen LogP contribution in [0.1, 0.15) is 0 Å². The molecule has 0 bridgehead atoms. The van der Waals surface area contributed by atoms with Gasteiger partial charge in [0, 0.05) is 17.7 Å². The van der Waals surface area contributed by atoms with Crippen molar-refractivity contribution in [2.45, 2.75) is 5.22 Å². The number of rotatable bonds is 5. The Morgan fingerprint density at radius 2 is 2.26 bits per heavy atom. The van der Waals surface area contributed by atoms with E-state index in [0.717, 1.165) is 11.8 Å². The number of benzene rings is 1. The second-order valence-corrected chi connectivity index (χ2v) is 4.36. The molecule has 0 spiro atoms. The Bertz CT molecular complexity index is 627. The van der Waals surface area contributed by atoms with Crippen LogP contribution in [-0.4, -0.2) is 26.8 Å². The first kappa shape index (κ1) is 13.0. The topological polar surface area (TPSA) is 125 Å². The van der Waals surface area contributed by atoms with E-state index in [0.29, 0.717) is 5.56 Å². The predicted octanol–water partition coefficient (Wildman–Crippen LogP) is 1.22. The molecule has 0 aliphatic heterocycles. The second kappa shape index (κ2) is 5.48. The normalized spacial score (nSPS) is 10.3. The third-order valence-electron chi connectivity index (χ3n) is 2.05. The average Bonchev–Trinajstić information content (AvgIpc) is 2.85. The van der Waals surface area contributed by atoms with E-state index < -0.39 is 10.8 Å². The van der Waals surface area contributed by atoms with Crippen LogP contribution in [0, 0.1) is 10.1 Å². The highest BCUT2D eigenvalue weighted by molar-refractivity contribution is 7.99. The summed E-state index contributed by atoms with van der Waals surface area (Å²) in [5, 5.41) is 18.3. The number of amides is 1. The van der Waals surface area contributed by atoms with Crippen LogP contribution in [0.4, 0.5) is 5.69 Å². The van der Waals surface area contributed by atoms with Crippen LogP contribution in [0.3, 0.4) is 0 Å². The summed E-state index contributed by atoms with van der Waals surface area (Å²) < 4.78 is 5.27. The molecule has 19 heavy (non-hydrogen) atoms. The molecule has 9 heteroatoms. The summed E-state index contributed by atoms with van der Waals surface area (Å²) in [5.41, 5.74) is 5.36. The molecule has 0 aliphatic rings. The standard InChI is InChI=1S/C10H8N4O4S/c11-8(15)5-19-10-13-12-9(18-10)6-2-1-3-7(4-6)14(16)17/h1-4H,5H2,(H2,11,15). The van der Waals surface area contributed by atoms with Crippen LogP contribution >= 0.6 is 11.8 Å². The summed E-state index contributed by atoms with van der Waals surface area (Å²) in [5.74, 6) is -0.327. The summed E-state index contributed by atoms with van der Waals surface area (Å²) in [6.07, 6.45) is 0. The van der Waals surface area contributed by atoms with Gasteiger partial charge in [0.15, 0.2) is 0 Å². The summed E-state index contributed by atoms with van der Waals surface area (Å²) in [6.45, 7) is 0. The van der Waals surface area contributed by atoms with Gasteiger partial charge in [-0.2, -0.15) is 0 Å². The van der Waals surface area contributed by atoms with Crippen LogP contribution in [-0.2, 0) is 4.79 Å². The van der Waals surface area contributed by atoms with Crippen LogP contribution < -0.4 is 5.73 Å². The summed E-state index contributed by atoms with van der Waals surface area (Å²) in [7, 11) is 0. The molecule has 1 aromatic carbocycles. The Kier molecular flexibility index (Phi) is 3.76. The lowest BCUT2D eigenvalue weighted by molar-refractivity contribution is -0.384. The van der Waals surface area contributed by atoms with E-state index in [1.54, 1.807) is 6.07 Å². The van der Waals surface area contributed by atoms with Gasteiger partial charge in [-0.25, -0.2) is 0 Å². The number of hydrogen-bond donors (Lipinski definition) is 1. The van der Waals surface area contributed by atoms with Crippen molar-refractivity contribution >= 4 is 23.4 Å². The van der Waals surface area contributed by atoms with Crippen molar-refractivity contribution in [2.75, 3.05) is 5.75 Å². The number of non-ortho nitro benzene ring substituents is 1. The molecule has 2 rings (SSSR count). The third-order valence-corrected chi connectivity index (χ3v) is 2.89. The Hall–Kier alpha value is -2.42. The lowest BCUT2D eigenvalue weighted by atomic mass is 10.2. The summed E-state index contributed by atoms with van der Waals surface area (Å²) in [4.78, 5) is 20.7. The van der Waals surface area contributed by atoms with Crippen molar-refractivity contribution in [2.24, 2.45) is 5.73 Å². The first-order valence-electron chi connectivity index (χ1n) is 5.05. The lowest BCUT2D eigenvalue weighted by Crippen LogP contribution is -2.12. The number of nitrogens with two attached hydrogens (primary N) is 1. The lowest BCUT2D eigenvalue weighted by Gasteiger charge is -1.94. The van der Waals surface area contributed by atoms with Crippen LogP contribution in [0.5, 0.6) is 0 Å². The number of hydrogen-bond acceptors (Lipinski definition) is 7. The van der Waals surface area contributed by atoms with Crippen molar-refractivity contribution in [3.63, 3.8) is 0 Å². The molecular weight excluding hydrogens is 272 g/mol. The van der Waals surface area contributed by atoms with E-state index in [1.165, 1.54) is 18.2 Å². The van der Waals surface area contributed by atoms with Crippen LogP contribution in [0.25, 0.3) is 11.5 Å². The number of primary amides is 1.